The molecule has 90 valence electrons. The Labute approximate surface area is 98.8 Å². The lowest BCUT2D eigenvalue weighted by Crippen LogP contribution is -2.31. The summed E-state index contributed by atoms with van der Waals surface area (Å²) in [6.45, 7) is 0.737. The second kappa shape index (κ2) is 4.46. The summed E-state index contributed by atoms with van der Waals surface area (Å²) in [7, 11) is 5.86. The van der Waals surface area contributed by atoms with Gasteiger partial charge in [0.25, 0.3) is 0 Å². The van der Waals surface area contributed by atoms with Gasteiger partial charge in [-0.3, -0.25) is 9.48 Å². The van der Waals surface area contributed by atoms with Crippen molar-refractivity contribution < 1.29 is 9.42 Å². The normalized spacial score (nSPS) is 12.6. The van der Waals surface area contributed by atoms with Gasteiger partial charge >= 0.3 is 5.65 Å². The fourth-order valence-corrected chi connectivity index (χ4v) is 1.65. The van der Waals surface area contributed by atoms with Crippen LogP contribution >= 0.6 is 0 Å². The molecule has 2 aromatic rings. The lowest BCUT2D eigenvalue weighted by atomic mass is 10.4. The van der Waals surface area contributed by atoms with Gasteiger partial charge in [-0.2, -0.15) is 0 Å². The first kappa shape index (κ1) is 11.5. The van der Waals surface area contributed by atoms with E-state index in [1.807, 2.05) is 36.7 Å². The molecule has 17 heavy (non-hydrogen) atoms. The molecule has 0 saturated carbocycles. The molecule has 0 aliphatic carbocycles. The van der Waals surface area contributed by atoms with Crippen molar-refractivity contribution in [3.8, 4) is 0 Å². The van der Waals surface area contributed by atoms with Crippen LogP contribution in [0.2, 0.25) is 0 Å². The Morgan fingerprint density at radius 2 is 2.35 bits per heavy atom. The SMILES string of the molecule is CN(C)C[N+](C)=Cn1n[n+]([O-])c2ncccc21. The Morgan fingerprint density at radius 3 is 3.06 bits per heavy atom. The van der Waals surface area contributed by atoms with E-state index in [0.717, 1.165) is 6.67 Å². The molecule has 0 radical (unpaired) electrons. The van der Waals surface area contributed by atoms with E-state index in [2.05, 4.69) is 10.2 Å². The zero-order valence-corrected chi connectivity index (χ0v) is 10.1. The summed E-state index contributed by atoms with van der Waals surface area (Å²) in [5.41, 5.74) is 1.01. The number of fused-ring (bicyclic) bond motifs is 1. The number of hydrogen-bond acceptors (Lipinski definition) is 4. The predicted molar refractivity (Wildman–Crippen MR) is 62.7 cm³/mol. The highest BCUT2D eigenvalue weighted by Gasteiger charge is 2.13. The first-order valence-electron chi connectivity index (χ1n) is 5.21. The average Bonchev–Trinajstić information content (AvgIpc) is 2.55. The highest BCUT2D eigenvalue weighted by atomic mass is 16.5. The van der Waals surface area contributed by atoms with Gasteiger partial charge in [-0.25, -0.2) is 0 Å². The van der Waals surface area contributed by atoms with Crippen LogP contribution in [0, 0.1) is 5.21 Å². The van der Waals surface area contributed by atoms with Crippen LogP contribution in [0.5, 0.6) is 0 Å². The minimum absolute atomic E-state index is 0.321. The number of rotatable bonds is 3. The van der Waals surface area contributed by atoms with Crippen LogP contribution in [0.25, 0.3) is 11.2 Å². The molecule has 0 bridgehead atoms. The molecule has 0 N–H and O–H groups in total. The second-order valence-electron chi connectivity index (χ2n) is 4.15. The molecule has 0 amide bonds. The quantitative estimate of drug-likeness (QED) is 0.227. The molecule has 0 unspecified atom stereocenters. The Balaban J connectivity index is 2.43. The largest absolute Gasteiger partial charge is 0.721 e. The molecular weight excluding hydrogens is 220 g/mol. The van der Waals surface area contributed by atoms with Crippen molar-refractivity contribution in [2.75, 3.05) is 27.8 Å². The molecule has 0 spiro atoms. The van der Waals surface area contributed by atoms with E-state index in [-0.39, 0.29) is 0 Å². The van der Waals surface area contributed by atoms with E-state index in [9.17, 15) is 5.21 Å². The van der Waals surface area contributed by atoms with Crippen molar-refractivity contribution in [2.45, 2.75) is 0 Å². The van der Waals surface area contributed by atoms with Gasteiger partial charge in [0.15, 0.2) is 0 Å². The Hall–Kier alpha value is -2.02. The van der Waals surface area contributed by atoms with Crippen LogP contribution in [0.4, 0.5) is 0 Å². The Bertz CT molecular complexity index is 559. The van der Waals surface area contributed by atoms with Gasteiger partial charge in [-0.05, 0) is 26.2 Å². The summed E-state index contributed by atoms with van der Waals surface area (Å²) in [6, 6.07) is 3.59. The minimum atomic E-state index is 0.321. The van der Waals surface area contributed by atoms with Crippen LogP contribution in [0.1, 0.15) is 0 Å². The molecule has 7 nitrogen and oxygen atoms in total. The van der Waals surface area contributed by atoms with Crippen LogP contribution in [-0.2, 0) is 0 Å². The van der Waals surface area contributed by atoms with Gasteiger partial charge in [-0.15, -0.1) is 9.83 Å². The summed E-state index contributed by atoms with van der Waals surface area (Å²) in [6.07, 6.45) is 3.34. The van der Waals surface area contributed by atoms with Gasteiger partial charge in [0.1, 0.15) is 12.9 Å². The Kier molecular flexibility index (Phi) is 3.01. The summed E-state index contributed by atoms with van der Waals surface area (Å²) < 4.78 is 3.46. The van der Waals surface area contributed by atoms with E-state index in [1.165, 1.54) is 4.68 Å². The van der Waals surface area contributed by atoms with Crippen molar-refractivity contribution >= 4 is 17.5 Å². The summed E-state index contributed by atoms with van der Waals surface area (Å²) in [5.74, 6) is 0. The fraction of sp³-hybridized carbons (Fsp3) is 0.400. The Morgan fingerprint density at radius 1 is 1.59 bits per heavy atom. The number of pyridine rings is 1. The molecule has 2 aromatic heterocycles. The fourth-order valence-electron chi connectivity index (χ4n) is 1.65. The molecule has 0 aliphatic rings. The van der Waals surface area contributed by atoms with Crippen molar-refractivity contribution in [1.29, 1.82) is 0 Å². The van der Waals surface area contributed by atoms with Crippen LogP contribution in [0.15, 0.2) is 18.3 Å². The third-order valence-electron chi connectivity index (χ3n) is 2.18. The lowest BCUT2D eigenvalue weighted by molar-refractivity contribution is -0.647. The first-order valence-corrected chi connectivity index (χ1v) is 5.21. The van der Waals surface area contributed by atoms with E-state index < -0.39 is 0 Å². The standard InChI is InChI=1S/C10H15N6O/c1-13(2)7-14(3)8-15-9-5-4-6-11-10(9)16(17)12-15/h4-6,8H,7H2,1-3H3/q+1. The van der Waals surface area contributed by atoms with Crippen molar-refractivity contribution in [1.82, 2.24) is 19.8 Å². The molecule has 0 atom stereocenters. The number of hydrogen-bond donors (Lipinski definition) is 0. The highest BCUT2D eigenvalue weighted by molar-refractivity contribution is 5.74. The van der Waals surface area contributed by atoms with Gasteiger partial charge in [0.05, 0.1) is 7.05 Å². The van der Waals surface area contributed by atoms with Crippen LogP contribution in [0.3, 0.4) is 0 Å². The zero-order valence-electron chi connectivity index (χ0n) is 10.1. The van der Waals surface area contributed by atoms with Crippen molar-refractivity contribution in [2.24, 2.45) is 0 Å². The summed E-state index contributed by atoms with van der Waals surface area (Å²) in [4.78, 5) is 6.53. The maximum Gasteiger partial charge on any atom is 0.324 e. The van der Waals surface area contributed by atoms with Gasteiger partial charge in [0, 0.05) is 5.21 Å². The maximum absolute atomic E-state index is 11.5. The minimum Gasteiger partial charge on any atom is -0.721 e. The van der Waals surface area contributed by atoms with E-state index >= 15 is 0 Å². The highest BCUT2D eigenvalue weighted by Crippen LogP contribution is 2.02. The first-order chi connectivity index (χ1) is 8.08. The van der Waals surface area contributed by atoms with Gasteiger partial charge in [-0.1, -0.05) is 4.68 Å². The number of nitrogens with zero attached hydrogens (tertiary/aromatic N) is 6. The third-order valence-corrected chi connectivity index (χ3v) is 2.18. The summed E-state index contributed by atoms with van der Waals surface area (Å²) >= 11 is 0. The topological polar surface area (TPSA) is 63.9 Å². The van der Waals surface area contributed by atoms with Crippen molar-refractivity contribution in [3.63, 3.8) is 0 Å². The van der Waals surface area contributed by atoms with E-state index in [0.29, 0.717) is 16.0 Å². The van der Waals surface area contributed by atoms with Crippen molar-refractivity contribution in [3.05, 3.63) is 23.5 Å². The second-order valence-corrected chi connectivity index (χ2v) is 4.15. The van der Waals surface area contributed by atoms with Gasteiger partial charge in [0.2, 0.25) is 11.9 Å². The molecule has 0 aromatic carbocycles. The molecule has 0 saturated heterocycles. The van der Waals surface area contributed by atoms with Gasteiger partial charge < -0.3 is 5.21 Å². The molecular formula is C10H15N6O+. The number of aromatic nitrogens is 4. The molecule has 0 aliphatic heterocycles. The van der Waals surface area contributed by atoms with Crippen LogP contribution < -0.4 is 4.85 Å². The molecule has 7 heteroatoms. The predicted octanol–water partition coefficient (Wildman–Crippen LogP) is -0.897. The third kappa shape index (κ3) is 2.39. The van der Waals surface area contributed by atoms with Crippen LogP contribution in [-0.4, -0.2) is 58.5 Å². The monoisotopic (exact) mass is 235 g/mol. The molecule has 2 rings (SSSR count). The lowest BCUT2D eigenvalue weighted by Gasteiger charge is -2.07. The molecule has 0 fully saturated rings. The smallest absolute Gasteiger partial charge is 0.324 e. The molecule has 2 heterocycles. The summed E-state index contributed by atoms with van der Waals surface area (Å²) in [5, 5.41) is 15.3. The van der Waals surface area contributed by atoms with E-state index in [4.69, 9.17) is 0 Å². The maximum atomic E-state index is 11.5. The average molecular weight is 235 g/mol. The zero-order chi connectivity index (χ0) is 12.4. The van der Waals surface area contributed by atoms with E-state index in [1.54, 1.807) is 18.6 Å².